The topological polar surface area (TPSA) is 51.2 Å². The molecule has 0 saturated heterocycles. The molecule has 1 unspecified atom stereocenters. The first-order chi connectivity index (χ1) is 6.83. The average molecular weight is 273 g/mol. The maximum Gasteiger partial charge on any atom is 0.126 e. The maximum atomic E-state index is 5.50. The van der Waals surface area contributed by atoms with Crippen molar-refractivity contribution in [3.63, 3.8) is 0 Å². The molecule has 0 aromatic carbocycles. The Morgan fingerprint density at radius 3 is 2.86 bits per heavy atom. The summed E-state index contributed by atoms with van der Waals surface area (Å²) in [4.78, 5) is 0. The zero-order valence-electron chi connectivity index (χ0n) is 7.24. The molecule has 74 valence electrons. The highest BCUT2D eigenvalue weighted by molar-refractivity contribution is 9.10. The van der Waals surface area contributed by atoms with E-state index in [1.54, 1.807) is 17.6 Å². The summed E-state index contributed by atoms with van der Waals surface area (Å²) in [6.07, 6.45) is 1.64. The fraction of sp³-hybridized carbons (Fsp3) is 0.111. The van der Waals surface area contributed by atoms with Crippen LogP contribution in [0.1, 0.15) is 17.4 Å². The van der Waals surface area contributed by atoms with E-state index in [1.807, 2.05) is 22.9 Å². The molecule has 2 heterocycles. The fourth-order valence-corrected chi connectivity index (χ4v) is 2.83. The number of hydrazine groups is 1. The van der Waals surface area contributed by atoms with Gasteiger partial charge < -0.3 is 4.42 Å². The van der Waals surface area contributed by atoms with Crippen LogP contribution < -0.4 is 11.3 Å². The summed E-state index contributed by atoms with van der Waals surface area (Å²) in [5.41, 5.74) is 3.82. The van der Waals surface area contributed by atoms with E-state index in [0.717, 1.165) is 15.8 Å². The highest BCUT2D eigenvalue weighted by atomic mass is 79.9. The van der Waals surface area contributed by atoms with Gasteiger partial charge in [-0.05, 0) is 33.4 Å². The van der Waals surface area contributed by atoms with Gasteiger partial charge in [-0.15, -0.1) is 0 Å². The maximum absolute atomic E-state index is 5.50. The van der Waals surface area contributed by atoms with Gasteiger partial charge in [0.1, 0.15) is 11.8 Å². The van der Waals surface area contributed by atoms with Gasteiger partial charge >= 0.3 is 0 Å². The number of furan rings is 1. The number of nitrogens with two attached hydrogens (primary N) is 1. The van der Waals surface area contributed by atoms with Crippen molar-refractivity contribution in [3.05, 3.63) is 45.0 Å². The molecule has 0 aliphatic carbocycles. The largest absolute Gasteiger partial charge is 0.467 e. The van der Waals surface area contributed by atoms with Crippen LogP contribution in [0.25, 0.3) is 0 Å². The third-order valence-corrected chi connectivity index (χ3v) is 3.70. The number of halogens is 1. The highest BCUT2D eigenvalue weighted by Crippen LogP contribution is 2.31. The second-order valence-electron chi connectivity index (χ2n) is 2.79. The van der Waals surface area contributed by atoms with Crippen molar-refractivity contribution in [3.8, 4) is 0 Å². The van der Waals surface area contributed by atoms with Crippen LogP contribution in [0.3, 0.4) is 0 Å². The Kier molecular flexibility index (Phi) is 3.02. The zero-order chi connectivity index (χ0) is 9.97. The van der Waals surface area contributed by atoms with Gasteiger partial charge in [0.05, 0.1) is 6.26 Å². The summed E-state index contributed by atoms with van der Waals surface area (Å²) in [5, 5.41) is 4.06. The van der Waals surface area contributed by atoms with Crippen molar-refractivity contribution < 1.29 is 4.42 Å². The fourth-order valence-electron chi connectivity index (χ4n) is 1.28. The Labute approximate surface area is 94.0 Å². The number of rotatable bonds is 3. The minimum atomic E-state index is -0.0920. The first-order valence-electron chi connectivity index (χ1n) is 4.04. The van der Waals surface area contributed by atoms with Crippen molar-refractivity contribution in [2.24, 2.45) is 5.84 Å². The Morgan fingerprint density at radius 1 is 1.50 bits per heavy atom. The molecular formula is C9H9BrN2OS. The molecule has 0 radical (unpaired) electrons. The SMILES string of the molecule is NNC(c1ccco1)c1cscc1Br. The Balaban J connectivity index is 2.36. The van der Waals surface area contributed by atoms with E-state index in [9.17, 15) is 0 Å². The molecule has 0 bridgehead atoms. The van der Waals surface area contributed by atoms with Crippen LogP contribution in [0, 0.1) is 0 Å². The molecule has 5 heteroatoms. The third-order valence-electron chi connectivity index (χ3n) is 1.95. The van der Waals surface area contributed by atoms with Crippen molar-refractivity contribution in [2.45, 2.75) is 6.04 Å². The van der Waals surface area contributed by atoms with Crippen molar-refractivity contribution >= 4 is 27.3 Å². The number of nitrogens with one attached hydrogen (secondary N) is 1. The Bertz CT molecular complexity index is 399. The second kappa shape index (κ2) is 4.27. The number of hydrogen-bond donors (Lipinski definition) is 2. The molecule has 0 amide bonds. The summed E-state index contributed by atoms with van der Waals surface area (Å²) >= 11 is 5.09. The molecular weight excluding hydrogens is 264 g/mol. The lowest BCUT2D eigenvalue weighted by atomic mass is 10.1. The van der Waals surface area contributed by atoms with Gasteiger partial charge in [0.15, 0.2) is 0 Å². The molecule has 0 aliphatic heterocycles. The first-order valence-corrected chi connectivity index (χ1v) is 5.77. The molecule has 14 heavy (non-hydrogen) atoms. The summed E-state index contributed by atoms with van der Waals surface area (Å²) in [5.74, 6) is 6.31. The third kappa shape index (κ3) is 1.76. The van der Waals surface area contributed by atoms with E-state index in [2.05, 4.69) is 21.4 Å². The second-order valence-corrected chi connectivity index (χ2v) is 4.39. The molecule has 2 aromatic rings. The quantitative estimate of drug-likeness (QED) is 0.667. The van der Waals surface area contributed by atoms with Gasteiger partial charge in [-0.1, -0.05) is 0 Å². The van der Waals surface area contributed by atoms with Gasteiger partial charge in [0, 0.05) is 15.4 Å². The van der Waals surface area contributed by atoms with Crippen molar-refractivity contribution in [1.82, 2.24) is 5.43 Å². The molecule has 2 aromatic heterocycles. The smallest absolute Gasteiger partial charge is 0.126 e. The molecule has 2 rings (SSSR count). The highest BCUT2D eigenvalue weighted by Gasteiger charge is 2.18. The van der Waals surface area contributed by atoms with Crippen LogP contribution in [0.4, 0.5) is 0 Å². The minimum Gasteiger partial charge on any atom is -0.467 e. The molecule has 3 N–H and O–H groups in total. The van der Waals surface area contributed by atoms with Crippen LogP contribution in [-0.4, -0.2) is 0 Å². The lowest BCUT2D eigenvalue weighted by Gasteiger charge is -2.12. The Morgan fingerprint density at radius 2 is 2.36 bits per heavy atom. The van der Waals surface area contributed by atoms with Crippen molar-refractivity contribution in [2.75, 3.05) is 0 Å². The predicted molar refractivity (Wildman–Crippen MR) is 59.9 cm³/mol. The monoisotopic (exact) mass is 272 g/mol. The lowest BCUT2D eigenvalue weighted by molar-refractivity contribution is 0.452. The zero-order valence-corrected chi connectivity index (χ0v) is 9.64. The molecule has 0 aliphatic rings. The standard InChI is InChI=1S/C9H9BrN2OS/c10-7-5-14-4-6(7)9(12-11)8-2-1-3-13-8/h1-5,9,12H,11H2. The molecule has 0 fully saturated rings. The van der Waals surface area contributed by atoms with Gasteiger partial charge in [-0.25, -0.2) is 5.43 Å². The van der Waals surface area contributed by atoms with Gasteiger partial charge in [0.2, 0.25) is 0 Å². The van der Waals surface area contributed by atoms with Crippen LogP contribution in [0.15, 0.2) is 38.0 Å². The number of hydrogen-bond acceptors (Lipinski definition) is 4. The van der Waals surface area contributed by atoms with E-state index in [0.29, 0.717) is 0 Å². The summed E-state index contributed by atoms with van der Waals surface area (Å²) < 4.78 is 6.35. The summed E-state index contributed by atoms with van der Waals surface area (Å²) in [7, 11) is 0. The number of thiophene rings is 1. The molecule has 0 spiro atoms. The predicted octanol–water partition coefficient (Wildman–Crippen LogP) is 2.66. The van der Waals surface area contributed by atoms with E-state index < -0.39 is 0 Å². The van der Waals surface area contributed by atoms with Crippen LogP contribution in [0.2, 0.25) is 0 Å². The summed E-state index contributed by atoms with van der Waals surface area (Å²) in [6.45, 7) is 0. The molecule has 1 atom stereocenters. The lowest BCUT2D eigenvalue weighted by Crippen LogP contribution is -2.28. The van der Waals surface area contributed by atoms with E-state index in [4.69, 9.17) is 10.3 Å². The minimum absolute atomic E-state index is 0.0920. The Hall–Kier alpha value is -0.620. The van der Waals surface area contributed by atoms with Crippen molar-refractivity contribution in [1.29, 1.82) is 0 Å². The van der Waals surface area contributed by atoms with E-state index in [-0.39, 0.29) is 6.04 Å². The van der Waals surface area contributed by atoms with Gasteiger partial charge in [0.25, 0.3) is 0 Å². The van der Waals surface area contributed by atoms with Gasteiger partial charge in [-0.3, -0.25) is 5.84 Å². The van der Waals surface area contributed by atoms with Gasteiger partial charge in [-0.2, -0.15) is 11.3 Å². The molecule has 0 saturated carbocycles. The van der Waals surface area contributed by atoms with Crippen LogP contribution >= 0.6 is 27.3 Å². The van der Waals surface area contributed by atoms with Crippen LogP contribution in [-0.2, 0) is 0 Å². The molecule has 3 nitrogen and oxygen atoms in total. The van der Waals surface area contributed by atoms with E-state index >= 15 is 0 Å². The van der Waals surface area contributed by atoms with Crippen LogP contribution in [0.5, 0.6) is 0 Å². The van der Waals surface area contributed by atoms with E-state index in [1.165, 1.54) is 0 Å². The normalized spacial score (nSPS) is 13.0. The average Bonchev–Trinajstić information content (AvgIpc) is 2.80. The summed E-state index contributed by atoms with van der Waals surface area (Å²) in [6, 6.07) is 3.65. The first kappa shape index (κ1) is 9.92.